The van der Waals surface area contributed by atoms with Crippen molar-refractivity contribution in [2.45, 2.75) is 6.18 Å². The van der Waals surface area contributed by atoms with E-state index in [1.807, 2.05) is 0 Å². The van der Waals surface area contributed by atoms with E-state index in [0.29, 0.717) is 19.2 Å². The van der Waals surface area contributed by atoms with Crippen molar-refractivity contribution >= 4 is 44.0 Å². The Bertz CT molecular complexity index is 1060. The lowest BCUT2D eigenvalue weighted by Crippen LogP contribution is -2.23. The highest BCUT2D eigenvalue weighted by Gasteiger charge is 2.40. The van der Waals surface area contributed by atoms with Gasteiger partial charge in [0.25, 0.3) is 5.91 Å². The average molecular weight is 532 g/mol. The van der Waals surface area contributed by atoms with E-state index in [0.717, 1.165) is 6.20 Å². The summed E-state index contributed by atoms with van der Waals surface area (Å²) in [6.45, 7) is 0. The molecule has 29 heavy (non-hydrogen) atoms. The lowest BCUT2D eigenvalue weighted by molar-refractivity contribution is -0.143. The number of carbonyl (C=O) groups is 1. The highest BCUT2D eigenvalue weighted by Crippen LogP contribution is 2.34. The first-order valence-corrected chi connectivity index (χ1v) is 9.49. The van der Waals surface area contributed by atoms with Gasteiger partial charge in [-0.2, -0.15) is 23.4 Å². The first-order valence-electron chi connectivity index (χ1n) is 7.90. The third-order valence-electron chi connectivity index (χ3n) is 3.70. The highest BCUT2D eigenvalue weighted by atomic mass is 79.9. The summed E-state index contributed by atoms with van der Waals surface area (Å²) < 4.78 is 42.2. The minimum atomic E-state index is -4.81. The minimum Gasteiger partial charge on any atom is -0.506 e. The van der Waals surface area contributed by atoms with E-state index in [9.17, 15) is 23.1 Å². The third kappa shape index (κ3) is 4.67. The van der Waals surface area contributed by atoms with E-state index >= 15 is 0 Å². The quantitative estimate of drug-likeness (QED) is 0.372. The second-order valence-corrected chi connectivity index (χ2v) is 7.39. The van der Waals surface area contributed by atoms with Crippen molar-refractivity contribution in [1.82, 2.24) is 15.2 Å². The predicted octanol–water partition coefficient (Wildman–Crippen LogP) is 4.89. The van der Waals surface area contributed by atoms with Crippen LogP contribution in [0.4, 0.5) is 13.2 Å². The fourth-order valence-corrected chi connectivity index (χ4v) is 3.66. The zero-order valence-electron chi connectivity index (χ0n) is 14.3. The van der Waals surface area contributed by atoms with Crippen LogP contribution in [0.3, 0.4) is 0 Å². The number of carbonyl (C=O) groups excluding carboxylic acids is 1. The monoisotopic (exact) mass is 530 g/mol. The van der Waals surface area contributed by atoms with Gasteiger partial charge in [-0.3, -0.25) is 4.79 Å². The SMILES string of the molecule is O=C(NN=Cc1cc(Br)c(O)c(Br)c1)c1cnn(-c2ccccc2)c1C(F)(F)F. The molecular formula is C18H11Br2F3N4O2. The number of hydrogen-bond donors (Lipinski definition) is 2. The Labute approximate surface area is 179 Å². The summed E-state index contributed by atoms with van der Waals surface area (Å²) in [6.07, 6.45) is -2.74. The van der Waals surface area contributed by atoms with Crippen LogP contribution in [0.1, 0.15) is 21.6 Å². The topological polar surface area (TPSA) is 79.5 Å². The fourth-order valence-electron chi connectivity index (χ4n) is 2.44. The minimum absolute atomic E-state index is 0.0191. The third-order valence-corrected chi connectivity index (χ3v) is 4.91. The molecule has 0 saturated heterocycles. The molecule has 2 N–H and O–H groups in total. The number of hydrogen-bond acceptors (Lipinski definition) is 4. The van der Waals surface area contributed by atoms with Gasteiger partial charge in [0.15, 0.2) is 5.69 Å². The van der Waals surface area contributed by atoms with Crippen molar-refractivity contribution in [3.63, 3.8) is 0 Å². The van der Waals surface area contributed by atoms with Gasteiger partial charge in [0.2, 0.25) is 0 Å². The number of halogens is 5. The molecule has 1 amide bonds. The first kappa shape index (κ1) is 21.1. The molecule has 0 aliphatic carbocycles. The molecule has 0 aliphatic rings. The van der Waals surface area contributed by atoms with Crippen LogP contribution in [0, 0.1) is 0 Å². The molecule has 150 valence electrons. The summed E-state index contributed by atoms with van der Waals surface area (Å²) in [5.74, 6) is -1.08. The van der Waals surface area contributed by atoms with E-state index in [4.69, 9.17) is 0 Å². The number of rotatable bonds is 4. The highest BCUT2D eigenvalue weighted by molar-refractivity contribution is 9.11. The summed E-state index contributed by atoms with van der Waals surface area (Å²) in [6, 6.07) is 10.7. The molecule has 0 fully saturated rings. The number of aromatic hydroxyl groups is 1. The molecule has 6 nitrogen and oxygen atoms in total. The number of nitrogens with zero attached hydrogens (tertiary/aromatic N) is 3. The number of benzene rings is 2. The summed E-state index contributed by atoms with van der Waals surface area (Å²) in [5, 5.41) is 17.1. The Kier molecular flexibility index (Phi) is 6.08. The summed E-state index contributed by atoms with van der Waals surface area (Å²) >= 11 is 6.29. The van der Waals surface area contributed by atoms with Crippen LogP contribution < -0.4 is 5.43 Å². The predicted molar refractivity (Wildman–Crippen MR) is 107 cm³/mol. The van der Waals surface area contributed by atoms with Gasteiger partial charge in [0.05, 0.1) is 32.6 Å². The fraction of sp³-hybridized carbons (Fsp3) is 0.0556. The molecule has 0 bridgehead atoms. The lowest BCUT2D eigenvalue weighted by Gasteiger charge is -2.12. The van der Waals surface area contributed by atoms with Gasteiger partial charge in [0.1, 0.15) is 5.75 Å². The van der Waals surface area contributed by atoms with Gasteiger partial charge >= 0.3 is 6.18 Å². The van der Waals surface area contributed by atoms with Crippen molar-refractivity contribution in [3.05, 3.63) is 74.4 Å². The van der Waals surface area contributed by atoms with E-state index in [1.54, 1.807) is 18.2 Å². The number of amides is 1. The molecular weight excluding hydrogens is 521 g/mol. The number of aromatic nitrogens is 2. The van der Waals surface area contributed by atoms with Crippen LogP contribution in [-0.4, -0.2) is 27.0 Å². The number of para-hydroxylation sites is 1. The second-order valence-electron chi connectivity index (χ2n) is 5.68. The van der Waals surface area contributed by atoms with Crippen molar-refractivity contribution in [1.29, 1.82) is 0 Å². The van der Waals surface area contributed by atoms with Crippen LogP contribution in [-0.2, 0) is 6.18 Å². The second kappa shape index (κ2) is 8.37. The molecule has 0 saturated carbocycles. The standard InChI is InChI=1S/C18H11Br2F3N4O2/c19-13-6-10(7-14(20)15(13)28)8-24-26-17(29)12-9-25-27(16(12)18(21,22)23)11-4-2-1-3-5-11/h1-9,28H,(H,26,29). The zero-order valence-corrected chi connectivity index (χ0v) is 17.5. The number of alkyl halides is 3. The summed E-state index contributed by atoms with van der Waals surface area (Å²) in [7, 11) is 0. The maximum atomic E-state index is 13.6. The van der Waals surface area contributed by atoms with Gasteiger partial charge in [0, 0.05) is 0 Å². The molecule has 1 heterocycles. The summed E-state index contributed by atoms with van der Waals surface area (Å²) in [5.41, 5.74) is 0.851. The molecule has 0 atom stereocenters. The maximum Gasteiger partial charge on any atom is 0.434 e. The van der Waals surface area contributed by atoms with Gasteiger partial charge in [-0.05, 0) is 61.7 Å². The van der Waals surface area contributed by atoms with E-state index in [1.165, 1.54) is 30.5 Å². The molecule has 1 aromatic heterocycles. The first-order chi connectivity index (χ1) is 13.7. The van der Waals surface area contributed by atoms with E-state index in [2.05, 4.69) is 47.5 Å². The molecule has 0 aliphatic heterocycles. The molecule has 2 aromatic carbocycles. The maximum absolute atomic E-state index is 13.6. The molecule has 0 spiro atoms. The van der Waals surface area contributed by atoms with Gasteiger partial charge in [-0.25, -0.2) is 10.1 Å². The van der Waals surface area contributed by atoms with Crippen LogP contribution in [0.25, 0.3) is 5.69 Å². The molecule has 3 aromatic rings. The van der Waals surface area contributed by atoms with E-state index in [-0.39, 0.29) is 11.4 Å². The lowest BCUT2D eigenvalue weighted by atomic mass is 10.2. The van der Waals surface area contributed by atoms with Gasteiger partial charge < -0.3 is 5.11 Å². The zero-order chi connectivity index (χ0) is 21.2. The van der Waals surface area contributed by atoms with E-state index < -0.39 is 23.3 Å². The Morgan fingerprint density at radius 1 is 1.17 bits per heavy atom. The molecule has 0 radical (unpaired) electrons. The van der Waals surface area contributed by atoms with Crippen LogP contribution in [0.5, 0.6) is 5.75 Å². The Hall–Kier alpha value is -2.66. The smallest absolute Gasteiger partial charge is 0.434 e. The summed E-state index contributed by atoms with van der Waals surface area (Å²) in [4.78, 5) is 12.3. The number of phenols is 1. The van der Waals surface area contributed by atoms with Crippen molar-refractivity contribution < 1.29 is 23.1 Å². The Morgan fingerprint density at radius 2 is 1.79 bits per heavy atom. The molecule has 3 rings (SSSR count). The van der Waals surface area contributed by atoms with Crippen molar-refractivity contribution in [2.24, 2.45) is 5.10 Å². The average Bonchev–Trinajstić information content (AvgIpc) is 3.12. The van der Waals surface area contributed by atoms with Crippen molar-refractivity contribution in [3.8, 4) is 11.4 Å². The Morgan fingerprint density at radius 3 is 2.38 bits per heavy atom. The molecule has 11 heteroatoms. The van der Waals surface area contributed by atoms with Gasteiger partial charge in [-0.1, -0.05) is 18.2 Å². The Balaban J connectivity index is 1.87. The number of nitrogens with one attached hydrogen (secondary N) is 1. The normalized spacial score (nSPS) is 11.8. The van der Waals surface area contributed by atoms with Crippen molar-refractivity contribution in [2.75, 3.05) is 0 Å². The number of phenolic OH excluding ortho intramolecular Hbond substituents is 1. The van der Waals surface area contributed by atoms with Crippen LogP contribution >= 0.6 is 31.9 Å². The van der Waals surface area contributed by atoms with Crippen LogP contribution in [0.15, 0.2) is 62.7 Å². The van der Waals surface area contributed by atoms with Gasteiger partial charge in [-0.15, -0.1) is 0 Å². The number of hydrazone groups is 1. The molecule has 0 unspecified atom stereocenters. The van der Waals surface area contributed by atoms with Crippen LogP contribution in [0.2, 0.25) is 0 Å². The largest absolute Gasteiger partial charge is 0.506 e.